The van der Waals surface area contributed by atoms with E-state index in [-0.39, 0.29) is 4.90 Å². The SMILES string of the molecule is Cc1c(C(C)NS(=O)(=O)c2cc(Br)ccc2[N+](=O)[O-])cnn1C. The summed E-state index contributed by atoms with van der Waals surface area (Å²) in [5.41, 5.74) is 1.04. The first-order valence-corrected chi connectivity index (χ1v) is 8.86. The molecule has 2 aromatic rings. The van der Waals surface area contributed by atoms with Gasteiger partial charge < -0.3 is 0 Å². The van der Waals surface area contributed by atoms with Crippen LogP contribution in [-0.2, 0) is 17.1 Å². The predicted molar refractivity (Wildman–Crippen MR) is 87.5 cm³/mol. The molecule has 23 heavy (non-hydrogen) atoms. The van der Waals surface area contributed by atoms with Crippen LogP contribution < -0.4 is 4.72 Å². The van der Waals surface area contributed by atoms with Crippen LogP contribution in [0.3, 0.4) is 0 Å². The maximum absolute atomic E-state index is 12.5. The highest BCUT2D eigenvalue weighted by Gasteiger charge is 2.28. The number of nitrogens with zero attached hydrogens (tertiary/aromatic N) is 3. The van der Waals surface area contributed by atoms with E-state index >= 15 is 0 Å². The number of rotatable bonds is 5. The summed E-state index contributed by atoms with van der Waals surface area (Å²) in [7, 11) is -2.32. The largest absolute Gasteiger partial charge is 0.289 e. The number of sulfonamides is 1. The Kier molecular flexibility index (Phi) is 4.87. The van der Waals surface area contributed by atoms with Crippen LogP contribution in [0.1, 0.15) is 24.2 Å². The van der Waals surface area contributed by atoms with Crippen LogP contribution in [0.25, 0.3) is 0 Å². The van der Waals surface area contributed by atoms with Crippen LogP contribution in [-0.4, -0.2) is 23.1 Å². The van der Waals surface area contributed by atoms with Gasteiger partial charge in [0.25, 0.3) is 5.69 Å². The van der Waals surface area contributed by atoms with E-state index in [1.165, 1.54) is 12.1 Å². The number of nitrogens with one attached hydrogen (secondary N) is 1. The number of nitro groups is 1. The van der Waals surface area contributed by atoms with E-state index < -0.39 is 26.7 Å². The van der Waals surface area contributed by atoms with E-state index in [1.807, 2.05) is 6.92 Å². The summed E-state index contributed by atoms with van der Waals surface area (Å²) >= 11 is 3.14. The lowest BCUT2D eigenvalue weighted by Crippen LogP contribution is -2.27. The molecular weight excluding hydrogens is 388 g/mol. The van der Waals surface area contributed by atoms with Crippen molar-refractivity contribution in [3.05, 3.63) is 50.2 Å². The average Bonchev–Trinajstić information content (AvgIpc) is 2.78. The number of aromatic nitrogens is 2. The molecule has 0 bridgehead atoms. The highest BCUT2D eigenvalue weighted by atomic mass is 79.9. The van der Waals surface area contributed by atoms with Crippen molar-refractivity contribution in [3.8, 4) is 0 Å². The quantitative estimate of drug-likeness (QED) is 0.610. The number of benzene rings is 1. The molecule has 1 aromatic carbocycles. The van der Waals surface area contributed by atoms with Gasteiger partial charge in [0, 0.05) is 34.9 Å². The van der Waals surface area contributed by atoms with Crippen LogP contribution in [0, 0.1) is 17.0 Å². The van der Waals surface area contributed by atoms with Crippen LogP contribution in [0.5, 0.6) is 0 Å². The van der Waals surface area contributed by atoms with E-state index in [2.05, 4.69) is 25.8 Å². The summed E-state index contributed by atoms with van der Waals surface area (Å²) in [5, 5.41) is 15.1. The summed E-state index contributed by atoms with van der Waals surface area (Å²) in [6.07, 6.45) is 1.57. The van der Waals surface area contributed by atoms with Crippen molar-refractivity contribution in [3.63, 3.8) is 0 Å². The van der Waals surface area contributed by atoms with Crippen molar-refractivity contribution in [2.45, 2.75) is 24.8 Å². The van der Waals surface area contributed by atoms with Gasteiger partial charge in [-0.05, 0) is 26.0 Å². The zero-order chi connectivity index (χ0) is 17.4. The zero-order valence-electron chi connectivity index (χ0n) is 12.6. The molecule has 0 amide bonds. The van der Waals surface area contributed by atoms with Crippen LogP contribution >= 0.6 is 15.9 Å². The topological polar surface area (TPSA) is 107 Å². The number of hydrogen-bond acceptors (Lipinski definition) is 5. The summed E-state index contributed by atoms with van der Waals surface area (Å²) in [5.74, 6) is 0. The van der Waals surface area contributed by atoms with E-state index in [0.29, 0.717) is 10.0 Å². The van der Waals surface area contributed by atoms with E-state index in [4.69, 9.17) is 0 Å². The molecule has 0 spiro atoms. The Morgan fingerprint density at radius 3 is 2.61 bits per heavy atom. The van der Waals surface area contributed by atoms with Gasteiger partial charge >= 0.3 is 0 Å². The van der Waals surface area contributed by atoms with Crippen molar-refractivity contribution >= 4 is 31.6 Å². The molecule has 1 unspecified atom stereocenters. The fourth-order valence-electron chi connectivity index (χ4n) is 2.15. The van der Waals surface area contributed by atoms with Crippen molar-refractivity contribution < 1.29 is 13.3 Å². The van der Waals surface area contributed by atoms with Crippen LogP contribution in [0.4, 0.5) is 5.69 Å². The van der Waals surface area contributed by atoms with Crippen molar-refractivity contribution in [1.82, 2.24) is 14.5 Å². The van der Waals surface area contributed by atoms with Gasteiger partial charge in [0.05, 0.1) is 11.1 Å². The molecule has 1 N–H and O–H groups in total. The second-order valence-electron chi connectivity index (χ2n) is 5.02. The Morgan fingerprint density at radius 2 is 2.09 bits per heavy atom. The van der Waals surface area contributed by atoms with Crippen molar-refractivity contribution in [2.75, 3.05) is 0 Å². The van der Waals surface area contributed by atoms with Gasteiger partial charge in [-0.25, -0.2) is 13.1 Å². The number of nitro benzene ring substituents is 1. The van der Waals surface area contributed by atoms with Crippen molar-refractivity contribution in [1.29, 1.82) is 0 Å². The third kappa shape index (κ3) is 3.59. The Morgan fingerprint density at radius 1 is 1.43 bits per heavy atom. The minimum atomic E-state index is -4.07. The molecule has 0 radical (unpaired) electrons. The highest BCUT2D eigenvalue weighted by molar-refractivity contribution is 9.10. The number of hydrogen-bond donors (Lipinski definition) is 1. The van der Waals surface area contributed by atoms with Gasteiger partial charge in [-0.3, -0.25) is 14.8 Å². The lowest BCUT2D eigenvalue weighted by Gasteiger charge is -2.14. The number of aryl methyl sites for hydroxylation is 1. The molecule has 1 aromatic heterocycles. The predicted octanol–water partition coefficient (Wildman–Crippen LogP) is 2.44. The van der Waals surface area contributed by atoms with Gasteiger partial charge in [-0.1, -0.05) is 15.9 Å². The Hall–Kier alpha value is -1.78. The molecular formula is C13H15BrN4O4S. The maximum Gasteiger partial charge on any atom is 0.289 e. The first kappa shape index (κ1) is 17.6. The summed E-state index contributed by atoms with van der Waals surface area (Å²) in [4.78, 5) is 9.97. The lowest BCUT2D eigenvalue weighted by molar-refractivity contribution is -0.387. The number of halogens is 1. The summed E-state index contributed by atoms with van der Waals surface area (Å²) in [6, 6.07) is 3.21. The average molecular weight is 403 g/mol. The Labute approximate surface area is 141 Å². The molecule has 0 aliphatic heterocycles. The van der Waals surface area contributed by atoms with Crippen LogP contribution in [0.2, 0.25) is 0 Å². The third-order valence-corrected chi connectivity index (χ3v) is 5.54. The van der Waals surface area contributed by atoms with Crippen LogP contribution in [0.15, 0.2) is 33.8 Å². The molecule has 0 saturated carbocycles. The second-order valence-corrected chi connectivity index (χ2v) is 7.62. The molecule has 8 nitrogen and oxygen atoms in total. The van der Waals surface area contributed by atoms with Gasteiger partial charge in [0.2, 0.25) is 10.0 Å². The molecule has 124 valence electrons. The molecule has 0 fully saturated rings. The summed E-state index contributed by atoms with van der Waals surface area (Å²) in [6.45, 7) is 3.47. The Balaban J connectivity index is 2.41. The molecule has 10 heteroatoms. The molecule has 0 saturated heterocycles. The minimum Gasteiger partial charge on any atom is -0.273 e. The fraction of sp³-hybridized carbons (Fsp3) is 0.308. The van der Waals surface area contributed by atoms with E-state index in [1.54, 1.807) is 24.9 Å². The third-order valence-electron chi connectivity index (χ3n) is 3.48. The second kappa shape index (κ2) is 6.38. The standard InChI is InChI=1S/C13H15BrN4O4S/c1-8(11-7-15-17(3)9(11)2)16-23(21,22)13-6-10(14)4-5-12(13)18(19)20/h4-8,16H,1-3H3. The van der Waals surface area contributed by atoms with Gasteiger partial charge in [0.1, 0.15) is 0 Å². The highest BCUT2D eigenvalue weighted by Crippen LogP contribution is 2.28. The smallest absolute Gasteiger partial charge is 0.273 e. The molecule has 1 heterocycles. The lowest BCUT2D eigenvalue weighted by atomic mass is 10.1. The summed E-state index contributed by atoms with van der Waals surface area (Å²) < 4.78 is 29.6. The van der Waals surface area contributed by atoms with Gasteiger partial charge in [0.15, 0.2) is 4.90 Å². The first-order valence-electron chi connectivity index (χ1n) is 6.58. The first-order chi connectivity index (χ1) is 10.6. The maximum atomic E-state index is 12.5. The molecule has 0 aliphatic rings. The monoisotopic (exact) mass is 402 g/mol. The van der Waals surface area contributed by atoms with Crippen molar-refractivity contribution in [2.24, 2.45) is 7.05 Å². The fourth-order valence-corrected chi connectivity index (χ4v) is 4.09. The molecule has 0 aliphatic carbocycles. The zero-order valence-corrected chi connectivity index (χ0v) is 15.1. The Bertz CT molecular complexity index is 863. The van der Waals surface area contributed by atoms with Gasteiger partial charge in [-0.2, -0.15) is 5.10 Å². The minimum absolute atomic E-state index is 0.384. The van der Waals surface area contributed by atoms with Gasteiger partial charge in [-0.15, -0.1) is 0 Å². The molecule has 1 atom stereocenters. The van der Waals surface area contributed by atoms with E-state index in [9.17, 15) is 18.5 Å². The normalized spacial score (nSPS) is 13.0. The molecule has 2 rings (SSSR count). The van der Waals surface area contributed by atoms with E-state index in [0.717, 1.165) is 11.8 Å².